The predicted molar refractivity (Wildman–Crippen MR) is 70.3 cm³/mol. The summed E-state index contributed by atoms with van der Waals surface area (Å²) in [6.07, 6.45) is 1.03. The predicted octanol–water partition coefficient (Wildman–Crippen LogP) is 3.57. The monoisotopic (exact) mass is 249 g/mol. The van der Waals surface area contributed by atoms with Crippen molar-refractivity contribution in [3.05, 3.63) is 58.5 Å². The van der Waals surface area contributed by atoms with Crippen LogP contribution in [0.4, 0.5) is 0 Å². The highest BCUT2D eigenvalue weighted by Gasteiger charge is 2.00. The van der Waals surface area contributed by atoms with Crippen molar-refractivity contribution in [3.8, 4) is 0 Å². The lowest BCUT2D eigenvalue weighted by atomic mass is 10.1. The van der Waals surface area contributed by atoms with E-state index in [4.69, 9.17) is 16.0 Å². The van der Waals surface area contributed by atoms with Crippen LogP contribution in [0.3, 0.4) is 0 Å². The number of benzene rings is 1. The Hall–Kier alpha value is -1.25. The first-order valence-electron chi connectivity index (χ1n) is 5.75. The highest BCUT2D eigenvalue weighted by molar-refractivity contribution is 6.28. The van der Waals surface area contributed by atoms with E-state index in [1.807, 2.05) is 6.07 Å². The normalized spacial score (nSPS) is 10.7. The molecule has 0 unspecified atom stereocenters. The first-order chi connectivity index (χ1) is 8.25. The molecule has 0 aliphatic heterocycles. The maximum absolute atomic E-state index is 5.70. The Kier molecular flexibility index (Phi) is 4.24. The molecule has 0 bridgehead atoms. The Bertz CT molecular complexity index is 479. The molecule has 2 aromatic rings. The lowest BCUT2D eigenvalue weighted by Crippen LogP contribution is -2.16. The van der Waals surface area contributed by atoms with Gasteiger partial charge >= 0.3 is 0 Å². The summed E-state index contributed by atoms with van der Waals surface area (Å²) >= 11 is 5.70. The molecular weight excluding hydrogens is 234 g/mol. The number of aryl methyl sites for hydroxylation is 1. The van der Waals surface area contributed by atoms with E-state index < -0.39 is 0 Å². The zero-order valence-electron chi connectivity index (χ0n) is 9.87. The van der Waals surface area contributed by atoms with Gasteiger partial charge in [0.25, 0.3) is 0 Å². The molecule has 0 aliphatic rings. The van der Waals surface area contributed by atoms with Gasteiger partial charge in [-0.3, -0.25) is 0 Å². The average molecular weight is 250 g/mol. The van der Waals surface area contributed by atoms with E-state index in [9.17, 15) is 0 Å². The summed E-state index contributed by atoms with van der Waals surface area (Å²) in [6, 6.07) is 12.1. The summed E-state index contributed by atoms with van der Waals surface area (Å²) in [4.78, 5) is 0. The summed E-state index contributed by atoms with van der Waals surface area (Å²) < 4.78 is 5.26. The lowest BCUT2D eigenvalue weighted by molar-refractivity contribution is 0.485. The Morgan fingerprint density at radius 1 is 1.18 bits per heavy atom. The summed E-state index contributed by atoms with van der Waals surface area (Å²) in [6.45, 7) is 3.80. The summed E-state index contributed by atoms with van der Waals surface area (Å²) in [7, 11) is 0. The van der Waals surface area contributed by atoms with Crippen molar-refractivity contribution in [2.45, 2.75) is 19.9 Å². The van der Waals surface area contributed by atoms with Crippen molar-refractivity contribution in [2.75, 3.05) is 6.54 Å². The van der Waals surface area contributed by atoms with Crippen LogP contribution in [0.1, 0.15) is 16.9 Å². The van der Waals surface area contributed by atoms with Crippen molar-refractivity contribution in [3.63, 3.8) is 0 Å². The highest BCUT2D eigenvalue weighted by Crippen LogP contribution is 2.12. The van der Waals surface area contributed by atoms with Crippen LogP contribution in [0.2, 0.25) is 5.22 Å². The van der Waals surface area contributed by atoms with Gasteiger partial charge in [0.05, 0.1) is 6.54 Å². The van der Waals surface area contributed by atoms with E-state index in [1.165, 1.54) is 11.1 Å². The maximum atomic E-state index is 5.70. The first kappa shape index (κ1) is 12.2. The fourth-order valence-corrected chi connectivity index (χ4v) is 1.93. The van der Waals surface area contributed by atoms with Crippen LogP contribution in [0, 0.1) is 6.92 Å². The summed E-state index contributed by atoms with van der Waals surface area (Å²) in [5.41, 5.74) is 2.73. The third-order valence-electron chi connectivity index (χ3n) is 2.76. The van der Waals surface area contributed by atoms with Crippen molar-refractivity contribution in [2.24, 2.45) is 0 Å². The van der Waals surface area contributed by atoms with Crippen molar-refractivity contribution < 1.29 is 4.42 Å². The van der Waals surface area contributed by atoms with Crippen molar-refractivity contribution in [1.82, 2.24) is 5.32 Å². The van der Waals surface area contributed by atoms with Gasteiger partial charge in [-0.25, -0.2) is 0 Å². The minimum absolute atomic E-state index is 0.445. The third kappa shape index (κ3) is 3.62. The number of hydrogen-bond donors (Lipinski definition) is 1. The van der Waals surface area contributed by atoms with Gasteiger partial charge in [0.2, 0.25) is 0 Å². The van der Waals surface area contributed by atoms with E-state index >= 15 is 0 Å². The first-order valence-corrected chi connectivity index (χ1v) is 6.13. The van der Waals surface area contributed by atoms with Crippen molar-refractivity contribution in [1.29, 1.82) is 0 Å². The number of furan rings is 1. The molecule has 0 fully saturated rings. The molecule has 1 aromatic carbocycles. The standard InChI is InChI=1S/C14H16ClNO/c1-11-4-2-3-5-12(11)8-9-16-10-13-6-7-14(15)17-13/h2-7,16H,8-10H2,1H3. The Morgan fingerprint density at radius 3 is 2.71 bits per heavy atom. The number of hydrogen-bond acceptors (Lipinski definition) is 2. The van der Waals surface area contributed by atoms with Crippen LogP contribution in [0.25, 0.3) is 0 Å². The third-order valence-corrected chi connectivity index (χ3v) is 2.96. The molecule has 0 saturated heterocycles. The van der Waals surface area contributed by atoms with Gasteiger partial charge in [0.15, 0.2) is 5.22 Å². The molecule has 1 heterocycles. The van der Waals surface area contributed by atoms with Crippen LogP contribution in [-0.2, 0) is 13.0 Å². The molecule has 2 nitrogen and oxygen atoms in total. The van der Waals surface area contributed by atoms with Gasteiger partial charge in [-0.1, -0.05) is 24.3 Å². The quantitative estimate of drug-likeness (QED) is 0.820. The van der Waals surface area contributed by atoms with Gasteiger partial charge in [0.1, 0.15) is 5.76 Å². The number of rotatable bonds is 5. The summed E-state index contributed by atoms with van der Waals surface area (Å²) in [5.74, 6) is 0.875. The fraction of sp³-hybridized carbons (Fsp3) is 0.286. The second kappa shape index (κ2) is 5.89. The molecule has 0 saturated carbocycles. The smallest absolute Gasteiger partial charge is 0.193 e. The topological polar surface area (TPSA) is 25.2 Å². The number of halogens is 1. The minimum Gasteiger partial charge on any atom is -0.448 e. The van der Waals surface area contributed by atoms with Gasteiger partial charge in [-0.2, -0.15) is 0 Å². The van der Waals surface area contributed by atoms with Gasteiger partial charge < -0.3 is 9.73 Å². The Morgan fingerprint density at radius 2 is 2.00 bits per heavy atom. The second-order valence-electron chi connectivity index (χ2n) is 4.06. The van der Waals surface area contributed by atoms with E-state index in [-0.39, 0.29) is 0 Å². The van der Waals surface area contributed by atoms with E-state index in [0.717, 1.165) is 25.3 Å². The molecule has 0 atom stereocenters. The van der Waals surface area contributed by atoms with Gasteiger partial charge in [-0.15, -0.1) is 0 Å². The zero-order valence-corrected chi connectivity index (χ0v) is 10.6. The molecule has 1 N–H and O–H groups in total. The van der Waals surface area contributed by atoms with Crippen LogP contribution in [-0.4, -0.2) is 6.54 Å². The lowest BCUT2D eigenvalue weighted by Gasteiger charge is -2.06. The van der Waals surface area contributed by atoms with E-state index in [1.54, 1.807) is 6.07 Å². The molecule has 2 rings (SSSR count). The number of nitrogens with one attached hydrogen (secondary N) is 1. The molecule has 0 aliphatic carbocycles. The largest absolute Gasteiger partial charge is 0.448 e. The average Bonchev–Trinajstić information content (AvgIpc) is 2.73. The highest BCUT2D eigenvalue weighted by atomic mass is 35.5. The zero-order chi connectivity index (χ0) is 12.1. The van der Waals surface area contributed by atoms with Crippen LogP contribution in [0.15, 0.2) is 40.8 Å². The molecule has 1 aromatic heterocycles. The second-order valence-corrected chi connectivity index (χ2v) is 4.43. The van der Waals surface area contributed by atoms with Crippen LogP contribution < -0.4 is 5.32 Å². The fourth-order valence-electron chi connectivity index (χ4n) is 1.77. The molecule has 17 heavy (non-hydrogen) atoms. The molecule has 0 radical (unpaired) electrons. The molecule has 0 spiro atoms. The molecule has 3 heteroatoms. The molecular formula is C14H16ClNO. The minimum atomic E-state index is 0.445. The van der Waals surface area contributed by atoms with Crippen LogP contribution >= 0.6 is 11.6 Å². The van der Waals surface area contributed by atoms with E-state index in [2.05, 4.69) is 36.5 Å². The SMILES string of the molecule is Cc1ccccc1CCNCc1ccc(Cl)o1. The molecule has 90 valence electrons. The van der Waals surface area contributed by atoms with Gasteiger partial charge in [-0.05, 0) is 54.7 Å². The van der Waals surface area contributed by atoms with Crippen LogP contribution in [0.5, 0.6) is 0 Å². The van der Waals surface area contributed by atoms with E-state index in [0.29, 0.717) is 5.22 Å². The summed E-state index contributed by atoms with van der Waals surface area (Å²) in [5, 5.41) is 3.78. The van der Waals surface area contributed by atoms with Gasteiger partial charge in [0, 0.05) is 0 Å². The van der Waals surface area contributed by atoms with Crippen molar-refractivity contribution >= 4 is 11.6 Å². The molecule has 0 amide bonds. The Labute approximate surface area is 107 Å². The Balaban J connectivity index is 1.75. The maximum Gasteiger partial charge on any atom is 0.193 e.